The summed E-state index contributed by atoms with van der Waals surface area (Å²) in [4.78, 5) is 0. The van der Waals surface area contributed by atoms with Gasteiger partial charge in [0.1, 0.15) is 0 Å². The molecular formula is C11H11Zr. The van der Waals surface area contributed by atoms with Gasteiger partial charge in [-0.2, -0.15) is 0 Å². The molecule has 1 atom stereocenters. The molecule has 59 valence electrons. The Kier molecular flexibility index (Phi) is 2.08. The summed E-state index contributed by atoms with van der Waals surface area (Å²) in [7, 11) is 0. The van der Waals surface area contributed by atoms with Crippen LogP contribution in [0.3, 0.4) is 0 Å². The van der Waals surface area contributed by atoms with Gasteiger partial charge >= 0.3 is 88.7 Å². The van der Waals surface area contributed by atoms with Crippen molar-refractivity contribution in [3.63, 3.8) is 0 Å². The number of aryl methyl sites for hydroxylation is 1. The molecule has 0 saturated carbocycles. The second kappa shape index (κ2) is 2.96. The van der Waals surface area contributed by atoms with Crippen molar-refractivity contribution in [2.24, 2.45) is 0 Å². The summed E-state index contributed by atoms with van der Waals surface area (Å²) < 4.78 is 1.57. The van der Waals surface area contributed by atoms with Gasteiger partial charge in [0, 0.05) is 0 Å². The van der Waals surface area contributed by atoms with Crippen LogP contribution in [0, 0.1) is 6.92 Å². The third kappa shape index (κ3) is 1.25. The maximum atomic E-state index is 2.34. The Balaban J connectivity index is 2.57. The summed E-state index contributed by atoms with van der Waals surface area (Å²) in [5.74, 6) is 0.666. The first-order chi connectivity index (χ1) is 5.68. The van der Waals surface area contributed by atoms with E-state index in [-0.39, 0.29) is 0 Å². The molecule has 0 fully saturated rings. The summed E-state index contributed by atoms with van der Waals surface area (Å²) in [6.45, 7) is 4.45. The van der Waals surface area contributed by atoms with Crippen LogP contribution in [-0.4, -0.2) is 0 Å². The predicted octanol–water partition coefficient (Wildman–Crippen LogP) is 3.00. The van der Waals surface area contributed by atoms with Crippen molar-refractivity contribution in [3.8, 4) is 0 Å². The van der Waals surface area contributed by atoms with Crippen molar-refractivity contribution in [2.75, 3.05) is 0 Å². The quantitative estimate of drug-likeness (QED) is 0.647. The summed E-state index contributed by atoms with van der Waals surface area (Å²) >= 11 is 1.55. The first kappa shape index (κ1) is 8.44. The summed E-state index contributed by atoms with van der Waals surface area (Å²) in [5.41, 5.74) is 4.31. The molecule has 0 aromatic heterocycles. The van der Waals surface area contributed by atoms with Crippen LogP contribution in [0.4, 0.5) is 0 Å². The average Bonchev–Trinajstić information content (AvgIpc) is 2.28. The van der Waals surface area contributed by atoms with E-state index in [1.165, 1.54) is 16.7 Å². The molecule has 2 rings (SSSR count). The van der Waals surface area contributed by atoms with Gasteiger partial charge in [-0.05, 0) is 0 Å². The second-order valence-corrected chi connectivity index (χ2v) is 4.87. The van der Waals surface area contributed by atoms with Crippen molar-refractivity contribution < 1.29 is 24.7 Å². The van der Waals surface area contributed by atoms with Crippen LogP contribution in [0.1, 0.15) is 29.5 Å². The number of fused-ring (bicyclic) bond motifs is 1. The van der Waals surface area contributed by atoms with Crippen molar-refractivity contribution in [2.45, 2.75) is 19.8 Å². The minimum atomic E-state index is 0.666. The number of benzene rings is 1. The Morgan fingerprint density at radius 3 is 2.83 bits per heavy atom. The minimum absolute atomic E-state index is 0.666. The molecule has 0 radical (unpaired) electrons. The van der Waals surface area contributed by atoms with E-state index in [1.54, 1.807) is 28.0 Å². The summed E-state index contributed by atoms with van der Waals surface area (Å²) in [6, 6.07) is 6.75. The monoisotopic (exact) mass is 233 g/mol. The first-order valence-corrected chi connectivity index (χ1v) is 5.45. The molecular weight excluding hydrogens is 223 g/mol. The Labute approximate surface area is 88.5 Å². The average molecular weight is 234 g/mol. The van der Waals surface area contributed by atoms with Gasteiger partial charge in [-0.25, -0.2) is 0 Å². The van der Waals surface area contributed by atoms with Crippen LogP contribution >= 0.6 is 0 Å². The summed E-state index contributed by atoms with van der Waals surface area (Å²) in [5, 5.41) is 0. The third-order valence-corrected chi connectivity index (χ3v) is 3.91. The van der Waals surface area contributed by atoms with Crippen LogP contribution in [0.5, 0.6) is 0 Å². The van der Waals surface area contributed by atoms with Crippen LogP contribution < -0.4 is 0 Å². The Bertz CT molecular complexity index is 350. The van der Waals surface area contributed by atoms with Crippen molar-refractivity contribution in [1.29, 1.82) is 0 Å². The molecule has 0 nitrogen and oxygen atoms in total. The van der Waals surface area contributed by atoms with E-state index < -0.39 is 0 Å². The van der Waals surface area contributed by atoms with Gasteiger partial charge in [0.05, 0.1) is 0 Å². The van der Waals surface area contributed by atoms with E-state index in [0.717, 1.165) is 0 Å². The van der Waals surface area contributed by atoms with Crippen molar-refractivity contribution in [3.05, 3.63) is 38.2 Å². The van der Waals surface area contributed by atoms with Crippen molar-refractivity contribution in [1.82, 2.24) is 0 Å². The molecule has 1 unspecified atom stereocenters. The molecule has 0 amide bonds. The van der Waals surface area contributed by atoms with Gasteiger partial charge in [0.25, 0.3) is 0 Å². The third-order valence-electron chi connectivity index (χ3n) is 2.49. The van der Waals surface area contributed by atoms with E-state index in [4.69, 9.17) is 0 Å². The molecule has 0 N–H and O–H groups in total. The molecule has 0 saturated heterocycles. The fourth-order valence-corrected chi connectivity index (χ4v) is 2.44. The van der Waals surface area contributed by atoms with Gasteiger partial charge in [-0.3, -0.25) is 0 Å². The number of hydrogen-bond acceptors (Lipinski definition) is 0. The van der Waals surface area contributed by atoms with Crippen molar-refractivity contribution >= 4 is 6.08 Å². The zero-order valence-electron chi connectivity index (χ0n) is 7.39. The molecule has 1 aromatic carbocycles. The molecule has 0 bridgehead atoms. The molecule has 12 heavy (non-hydrogen) atoms. The van der Waals surface area contributed by atoms with E-state index in [2.05, 4.69) is 38.1 Å². The normalized spacial score (nSPS) is 20.4. The standard InChI is InChI=1S/C11H11.Zr/c1-8-3-6-11-9(2)4-5-10(11)7-8;/h3,5-7,9H,1-2H3;. The molecule has 1 aliphatic rings. The molecule has 1 aromatic rings. The number of allylic oxidation sites excluding steroid dienone is 1. The van der Waals surface area contributed by atoms with Gasteiger partial charge in [-0.15, -0.1) is 0 Å². The fraction of sp³-hybridized carbons (Fsp3) is 0.273. The molecule has 0 aliphatic heterocycles. The van der Waals surface area contributed by atoms with Gasteiger partial charge in [0.2, 0.25) is 0 Å². The topological polar surface area (TPSA) is 0 Å². The predicted molar refractivity (Wildman–Crippen MR) is 47.6 cm³/mol. The van der Waals surface area contributed by atoms with E-state index in [9.17, 15) is 0 Å². The fourth-order valence-electron chi connectivity index (χ4n) is 1.67. The molecule has 1 aliphatic carbocycles. The molecule has 0 heterocycles. The van der Waals surface area contributed by atoms with Crippen LogP contribution in [0.25, 0.3) is 6.08 Å². The Hall–Kier alpha value is -0.157. The van der Waals surface area contributed by atoms with Gasteiger partial charge in [-0.1, -0.05) is 0 Å². The zero-order valence-corrected chi connectivity index (χ0v) is 9.84. The Morgan fingerprint density at radius 1 is 1.33 bits per heavy atom. The maximum absolute atomic E-state index is 2.34. The van der Waals surface area contributed by atoms with E-state index in [0.29, 0.717) is 5.92 Å². The van der Waals surface area contributed by atoms with Gasteiger partial charge < -0.3 is 0 Å². The second-order valence-electron chi connectivity index (χ2n) is 3.45. The molecule has 1 heteroatoms. The van der Waals surface area contributed by atoms with E-state index >= 15 is 0 Å². The van der Waals surface area contributed by atoms with Crippen LogP contribution in [0.15, 0.2) is 21.5 Å². The zero-order chi connectivity index (χ0) is 8.72. The number of hydrogen-bond donors (Lipinski definition) is 0. The van der Waals surface area contributed by atoms with Gasteiger partial charge in [0.15, 0.2) is 0 Å². The van der Waals surface area contributed by atoms with E-state index in [1.807, 2.05) is 0 Å². The van der Waals surface area contributed by atoms with Crippen LogP contribution in [0.2, 0.25) is 0 Å². The molecule has 0 spiro atoms. The number of rotatable bonds is 0. The SMILES string of the molecule is Cc1ccc2c(c1)C=[C]([Zr])C2C. The summed E-state index contributed by atoms with van der Waals surface area (Å²) in [6.07, 6.45) is 2.34. The Morgan fingerprint density at radius 2 is 2.08 bits per heavy atom. The van der Waals surface area contributed by atoms with Crippen LogP contribution in [-0.2, 0) is 24.7 Å². The first-order valence-electron chi connectivity index (χ1n) is 4.22.